The number of ether oxygens (including phenoxy) is 2. The highest BCUT2D eigenvalue weighted by atomic mass is 16.5. The molecule has 0 saturated heterocycles. The molecule has 0 fully saturated rings. The van der Waals surface area contributed by atoms with E-state index in [0.29, 0.717) is 22.6 Å². The third kappa shape index (κ3) is 4.99. The standard InChI is InChI=1S/C23H25NO6/c1-14(2)18-7-5-4-6-15(18)12-29-13-19(23(26)27)24-22(25)21-11-16-10-17(28-3)8-9-20(16)30-21/h4-11,14,19H,12-13H2,1-3H3,(H,24,25)(H,26,27)/t19-/m0/s1. The lowest BCUT2D eigenvalue weighted by Crippen LogP contribution is -2.43. The summed E-state index contributed by atoms with van der Waals surface area (Å²) in [5.74, 6) is -0.822. The quantitative estimate of drug-likeness (QED) is 0.553. The second-order valence-electron chi connectivity index (χ2n) is 7.25. The minimum Gasteiger partial charge on any atom is -0.497 e. The first-order valence-corrected chi connectivity index (χ1v) is 9.66. The summed E-state index contributed by atoms with van der Waals surface area (Å²) in [7, 11) is 1.55. The molecule has 0 aliphatic heterocycles. The van der Waals surface area contributed by atoms with Crippen LogP contribution in [0.3, 0.4) is 0 Å². The Bertz CT molecular complexity index is 1040. The van der Waals surface area contributed by atoms with Gasteiger partial charge in [-0.15, -0.1) is 0 Å². The zero-order valence-electron chi connectivity index (χ0n) is 17.2. The molecule has 0 aliphatic carbocycles. The number of amides is 1. The molecule has 0 unspecified atom stereocenters. The van der Waals surface area contributed by atoms with Crippen molar-refractivity contribution in [3.63, 3.8) is 0 Å². The number of nitrogens with one attached hydrogen (secondary N) is 1. The summed E-state index contributed by atoms with van der Waals surface area (Å²) in [5, 5.41) is 12.6. The zero-order chi connectivity index (χ0) is 21.7. The van der Waals surface area contributed by atoms with E-state index >= 15 is 0 Å². The number of hydrogen-bond donors (Lipinski definition) is 2. The van der Waals surface area contributed by atoms with E-state index in [2.05, 4.69) is 19.2 Å². The van der Waals surface area contributed by atoms with Crippen molar-refractivity contribution in [1.29, 1.82) is 0 Å². The van der Waals surface area contributed by atoms with Crippen molar-refractivity contribution in [1.82, 2.24) is 5.32 Å². The topological polar surface area (TPSA) is 98.0 Å². The third-order valence-corrected chi connectivity index (χ3v) is 4.77. The second kappa shape index (κ2) is 9.45. The Hall–Kier alpha value is -3.32. The molecule has 2 N–H and O–H groups in total. The van der Waals surface area contributed by atoms with Crippen LogP contribution in [0.15, 0.2) is 52.9 Å². The van der Waals surface area contributed by atoms with Gasteiger partial charge in [0.05, 0.1) is 20.3 Å². The van der Waals surface area contributed by atoms with Crippen LogP contribution in [-0.4, -0.2) is 36.7 Å². The van der Waals surface area contributed by atoms with Crippen LogP contribution >= 0.6 is 0 Å². The van der Waals surface area contributed by atoms with Crippen LogP contribution in [0, 0.1) is 0 Å². The molecule has 7 heteroatoms. The molecule has 1 amide bonds. The number of hydrogen-bond acceptors (Lipinski definition) is 5. The number of carbonyl (C=O) groups is 2. The van der Waals surface area contributed by atoms with E-state index in [4.69, 9.17) is 13.9 Å². The molecule has 0 spiro atoms. The highest BCUT2D eigenvalue weighted by Crippen LogP contribution is 2.24. The summed E-state index contributed by atoms with van der Waals surface area (Å²) in [6.45, 7) is 4.27. The fourth-order valence-corrected chi connectivity index (χ4v) is 3.18. The van der Waals surface area contributed by atoms with Crippen molar-refractivity contribution >= 4 is 22.8 Å². The minimum atomic E-state index is -1.20. The van der Waals surface area contributed by atoms with Crippen molar-refractivity contribution in [2.24, 2.45) is 0 Å². The van der Waals surface area contributed by atoms with Gasteiger partial charge in [0.2, 0.25) is 0 Å². The van der Waals surface area contributed by atoms with Gasteiger partial charge in [-0.2, -0.15) is 0 Å². The van der Waals surface area contributed by atoms with Gasteiger partial charge >= 0.3 is 5.97 Å². The lowest BCUT2D eigenvalue weighted by atomic mass is 9.98. The van der Waals surface area contributed by atoms with E-state index in [0.717, 1.165) is 11.1 Å². The largest absolute Gasteiger partial charge is 0.497 e. The summed E-state index contributed by atoms with van der Waals surface area (Å²) in [4.78, 5) is 24.1. The molecule has 1 aromatic heterocycles. The normalized spacial score (nSPS) is 12.1. The number of methoxy groups -OCH3 is 1. The van der Waals surface area contributed by atoms with Crippen LogP contribution in [0.2, 0.25) is 0 Å². The molecular weight excluding hydrogens is 386 g/mol. The number of carbonyl (C=O) groups excluding carboxylic acids is 1. The Labute approximate surface area is 174 Å². The predicted octanol–water partition coefficient (Wildman–Crippen LogP) is 3.96. The van der Waals surface area contributed by atoms with E-state index in [1.165, 1.54) is 0 Å². The van der Waals surface area contributed by atoms with Gasteiger partial charge in [-0.3, -0.25) is 4.79 Å². The van der Waals surface area contributed by atoms with E-state index in [1.807, 2.05) is 24.3 Å². The van der Waals surface area contributed by atoms with E-state index in [9.17, 15) is 14.7 Å². The van der Waals surface area contributed by atoms with Crippen molar-refractivity contribution in [2.75, 3.05) is 13.7 Å². The van der Waals surface area contributed by atoms with Crippen molar-refractivity contribution in [3.05, 3.63) is 65.4 Å². The van der Waals surface area contributed by atoms with Crippen LogP contribution < -0.4 is 10.1 Å². The van der Waals surface area contributed by atoms with Crippen molar-refractivity contribution in [3.8, 4) is 5.75 Å². The molecular formula is C23H25NO6. The molecule has 0 radical (unpaired) electrons. The van der Waals surface area contributed by atoms with Crippen LogP contribution in [0.1, 0.15) is 41.4 Å². The maximum atomic E-state index is 12.5. The molecule has 30 heavy (non-hydrogen) atoms. The highest BCUT2D eigenvalue weighted by Gasteiger charge is 2.23. The number of furan rings is 1. The number of rotatable bonds is 9. The molecule has 2 aromatic carbocycles. The van der Waals surface area contributed by atoms with Gasteiger partial charge in [0, 0.05) is 5.39 Å². The smallest absolute Gasteiger partial charge is 0.328 e. The molecule has 0 saturated carbocycles. The third-order valence-electron chi connectivity index (χ3n) is 4.77. The number of carboxylic acids is 1. The van der Waals surface area contributed by atoms with Crippen molar-refractivity contribution < 1.29 is 28.6 Å². The predicted molar refractivity (Wildman–Crippen MR) is 112 cm³/mol. The lowest BCUT2D eigenvalue weighted by Gasteiger charge is -2.16. The van der Waals surface area contributed by atoms with Gasteiger partial charge in [0.15, 0.2) is 11.8 Å². The average Bonchev–Trinajstić information content (AvgIpc) is 3.16. The van der Waals surface area contributed by atoms with E-state index < -0.39 is 17.9 Å². The van der Waals surface area contributed by atoms with Gasteiger partial charge in [-0.1, -0.05) is 38.1 Å². The molecule has 3 aromatic rings. The first-order valence-electron chi connectivity index (χ1n) is 9.66. The molecule has 7 nitrogen and oxygen atoms in total. The number of fused-ring (bicyclic) bond motifs is 1. The molecule has 1 heterocycles. The summed E-state index contributed by atoms with van der Waals surface area (Å²) >= 11 is 0. The fourth-order valence-electron chi connectivity index (χ4n) is 3.18. The highest BCUT2D eigenvalue weighted by molar-refractivity contribution is 5.98. The summed E-state index contributed by atoms with van der Waals surface area (Å²) in [6, 6.07) is 13.3. The Morgan fingerprint density at radius 3 is 2.60 bits per heavy atom. The van der Waals surface area contributed by atoms with Crippen molar-refractivity contribution in [2.45, 2.75) is 32.4 Å². The SMILES string of the molecule is COc1ccc2oc(C(=O)N[C@@H](COCc3ccccc3C(C)C)C(=O)O)cc2c1. The maximum absolute atomic E-state index is 12.5. The second-order valence-corrected chi connectivity index (χ2v) is 7.25. The molecule has 0 aliphatic rings. The maximum Gasteiger partial charge on any atom is 0.328 e. The Morgan fingerprint density at radius 1 is 1.13 bits per heavy atom. The number of aliphatic carboxylic acids is 1. The Kier molecular flexibility index (Phi) is 6.74. The fraction of sp³-hybridized carbons (Fsp3) is 0.304. The lowest BCUT2D eigenvalue weighted by molar-refractivity contribution is -0.141. The van der Waals surface area contributed by atoms with Crippen LogP contribution in [0.4, 0.5) is 0 Å². The molecule has 1 atom stereocenters. The van der Waals surface area contributed by atoms with Crippen LogP contribution in [-0.2, 0) is 16.1 Å². The van der Waals surface area contributed by atoms with Crippen LogP contribution in [0.25, 0.3) is 11.0 Å². The summed E-state index contributed by atoms with van der Waals surface area (Å²) in [6.07, 6.45) is 0. The first-order chi connectivity index (χ1) is 14.4. The number of benzene rings is 2. The van der Waals surface area contributed by atoms with Gasteiger partial charge in [0.1, 0.15) is 11.3 Å². The average molecular weight is 411 g/mol. The Morgan fingerprint density at radius 2 is 1.90 bits per heavy atom. The van der Waals surface area contributed by atoms with Gasteiger partial charge < -0.3 is 24.3 Å². The summed E-state index contributed by atoms with van der Waals surface area (Å²) in [5.41, 5.74) is 2.65. The number of carboxylic acid groups (broad SMARTS) is 1. The Balaban J connectivity index is 1.64. The summed E-state index contributed by atoms with van der Waals surface area (Å²) < 4.78 is 16.3. The first kappa shape index (κ1) is 21.4. The van der Waals surface area contributed by atoms with E-state index in [1.54, 1.807) is 31.4 Å². The van der Waals surface area contributed by atoms with E-state index in [-0.39, 0.29) is 19.0 Å². The van der Waals surface area contributed by atoms with Gasteiger partial charge in [-0.05, 0) is 41.3 Å². The van der Waals surface area contributed by atoms with Gasteiger partial charge in [0.25, 0.3) is 5.91 Å². The molecule has 0 bridgehead atoms. The molecule has 3 rings (SSSR count). The van der Waals surface area contributed by atoms with Gasteiger partial charge in [-0.25, -0.2) is 4.79 Å². The molecule has 158 valence electrons. The van der Waals surface area contributed by atoms with Crippen LogP contribution in [0.5, 0.6) is 5.75 Å². The minimum absolute atomic E-state index is 0.0228. The monoisotopic (exact) mass is 411 g/mol. The zero-order valence-corrected chi connectivity index (χ0v) is 17.2.